The number of nitrogen functional groups attached to an aromatic ring is 1. The van der Waals surface area contributed by atoms with Crippen LogP contribution in [0.1, 0.15) is 69.8 Å². The maximum Gasteiger partial charge on any atom is 0.174 e. The van der Waals surface area contributed by atoms with E-state index in [-0.39, 0.29) is 0 Å². The fourth-order valence-corrected chi connectivity index (χ4v) is 5.62. The van der Waals surface area contributed by atoms with E-state index >= 15 is 0 Å². The first kappa shape index (κ1) is 15.5. The summed E-state index contributed by atoms with van der Waals surface area (Å²) in [5, 5.41) is 4.84. The van der Waals surface area contributed by atoms with Crippen molar-refractivity contribution in [2.24, 2.45) is 17.3 Å². The maximum atomic E-state index is 6.49. The highest BCUT2D eigenvalue weighted by Crippen LogP contribution is 2.52. The predicted molar refractivity (Wildman–Crippen MR) is 98.7 cm³/mol. The third-order valence-electron chi connectivity index (χ3n) is 6.74. The van der Waals surface area contributed by atoms with Gasteiger partial charge in [-0.25, -0.2) is 0 Å². The molecule has 3 unspecified atom stereocenters. The first-order chi connectivity index (χ1) is 12.1. The summed E-state index contributed by atoms with van der Waals surface area (Å²) in [5.41, 5.74) is 8.37. The Hall–Kier alpha value is -1.71. The van der Waals surface area contributed by atoms with Crippen LogP contribution in [0.15, 0.2) is 16.7 Å². The molecule has 0 spiro atoms. The number of rotatable bonds is 4. The lowest BCUT2D eigenvalue weighted by molar-refractivity contribution is 0.00464. The van der Waals surface area contributed by atoms with Crippen molar-refractivity contribution in [1.29, 1.82) is 0 Å². The second kappa shape index (κ2) is 5.65. The molecular formula is C21H28N2O2. The third-order valence-corrected chi connectivity index (χ3v) is 6.74. The van der Waals surface area contributed by atoms with Crippen LogP contribution in [0.25, 0.3) is 11.0 Å². The van der Waals surface area contributed by atoms with E-state index in [1.807, 2.05) is 6.07 Å². The van der Waals surface area contributed by atoms with Crippen molar-refractivity contribution < 1.29 is 9.26 Å². The average Bonchev–Trinajstić information content (AvgIpc) is 3.36. The van der Waals surface area contributed by atoms with E-state index in [0.717, 1.165) is 35.2 Å². The van der Waals surface area contributed by atoms with E-state index in [0.29, 0.717) is 17.2 Å². The van der Waals surface area contributed by atoms with Crippen LogP contribution in [0.5, 0.6) is 5.75 Å². The minimum absolute atomic E-state index is 0.386. The minimum Gasteiger partial charge on any atom is -0.493 e. The zero-order valence-electron chi connectivity index (χ0n) is 15.1. The molecule has 3 fully saturated rings. The molecule has 3 atom stereocenters. The zero-order valence-corrected chi connectivity index (χ0v) is 15.1. The number of anilines is 1. The predicted octanol–water partition coefficient (Wildman–Crippen LogP) is 5.27. The van der Waals surface area contributed by atoms with Crippen LogP contribution in [0.4, 0.5) is 5.82 Å². The number of hydrogen-bond donors (Lipinski definition) is 1. The summed E-state index contributed by atoms with van der Waals surface area (Å²) in [5.74, 6) is 3.86. The van der Waals surface area contributed by atoms with Gasteiger partial charge >= 0.3 is 0 Å². The molecule has 0 aliphatic heterocycles. The number of nitrogens with two attached hydrogens (primary N) is 1. The molecule has 0 amide bonds. The number of ether oxygens (including phenoxy) is 1. The molecule has 0 radical (unpaired) electrons. The second-order valence-corrected chi connectivity index (χ2v) is 9.02. The van der Waals surface area contributed by atoms with E-state index in [2.05, 4.69) is 18.1 Å². The lowest BCUT2D eigenvalue weighted by atomic mass is 9.59. The van der Waals surface area contributed by atoms with Gasteiger partial charge in [0.05, 0.1) is 12.0 Å². The molecule has 134 valence electrons. The fraction of sp³-hybridized carbons (Fsp3) is 0.667. The van der Waals surface area contributed by atoms with Crippen LogP contribution in [-0.2, 0) is 0 Å². The number of nitrogens with zero attached hydrogens (tertiary/aromatic N) is 1. The number of benzene rings is 1. The molecule has 25 heavy (non-hydrogen) atoms. The Morgan fingerprint density at radius 1 is 1.28 bits per heavy atom. The highest BCUT2D eigenvalue weighted by molar-refractivity contribution is 5.89. The molecular weight excluding hydrogens is 312 g/mol. The molecule has 3 aliphatic carbocycles. The summed E-state index contributed by atoms with van der Waals surface area (Å²) < 4.78 is 11.9. The lowest BCUT2D eigenvalue weighted by Crippen LogP contribution is -2.40. The Morgan fingerprint density at radius 2 is 2.16 bits per heavy atom. The van der Waals surface area contributed by atoms with Crippen LogP contribution in [-0.4, -0.2) is 11.8 Å². The fourth-order valence-electron chi connectivity index (χ4n) is 5.62. The van der Waals surface area contributed by atoms with Gasteiger partial charge in [0.25, 0.3) is 0 Å². The number of fused-ring (bicyclic) bond motifs is 3. The summed E-state index contributed by atoms with van der Waals surface area (Å²) >= 11 is 0. The SMILES string of the molecule is CC1CC2CCCC(COc3cc4onc(N)c4cc3C3CC3)(C1)C2. The Balaban J connectivity index is 1.42. The standard InChI is InChI=1S/C21H28N2O2/c1-13-7-14-3-2-6-21(10-13,11-14)12-24-18-9-19-17(20(22)23-25-19)8-16(18)15-4-5-15/h8-9,13-15H,2-7,10-12H2,1H3,(H2,22,23). The minimum atomic E-state index is 0.386. The highest BCUT2D eigenvalue weighted by atomic mass is 16.5. The molecule has 2 N–H and O–H groups in total. The van der Waals surface area contributed by atoms with Crippen molar-refractivity contribution in [3.05, 3.63) is 17.7 Å². The van der Waals surface area contributed by atoms with Crippen molar-refractivity contribution in [2.75, 3.05) is 12.3 Å². The van der Waals surface area contributed by atoms with Crippen molar-refractivity contribution >= 4 is 16.8 Å². The van der Waals surface area contributed by atoms with E-state index < -0.39 is 0 Å². The van der Waals surface area contributed by atoms with Crippen LogP contribution in [0.2, 0.25) is 0 Å². The monoisotopic (exact) mass is 340 g/mol. The second-order valence-electron chi connectivity index (χ2n) is 9.02. The quantitative estimate of drug-likeness (QED) is 0.823. The van der Waals surface area contributed by atoms with Gasteiger partial charge in [-0.3, -0.25) is 0 Å². The molecule has 5 rings (SSSR count). The van der Waals surface area contributed by atoms with E-state index in [1.54, 1.807) is 0 Å². The summed E-state index contributed by atoms with van der Waals surface area (Å²) in [6.07, 6.45) is 10.7. The molecule has 1 aromatic heterocycles. The van der Waals surface area contributed by atoms with Gasteiger partial charge in [0, 0.05) is 11.5 Å². The smallest absolute Gasteiger partial charge is 0.174 e. The van der Waals surface area contributed by atoms with E-state index in [4.69, 9.17) is 15.0 Å². The summed E-state index contributed by atoms with van der Waals surface area (Å²) in [6, 6.07) is 4.18. The van der Waals surface area contributed by atoms with Crippen molar-refractivity contribution in [2.45, 2.75) is 64.2 Å². The van der Waals surface area contributed by atoms with Crippen LogP contribution < -0.4 is 10.5 Å². The molecule has 0 saturated heterocycles. The maximum absolute atomic E-state index is 6.49. The largest absolute Gasteiger partial charge is 0.493 e. The molecule has 1 heterocycles. The molecule has 2 aromatic rings. The topological polar surface area (TPSA) is 61.3 Å². The van der Waals surface area contributed by atoms with Gasteiger partial charge in [0.1, 0.15) is 5.75 Å². The highest BCUT2D eigenvalue weighted by Gasteiger charge is 2.42. The first-order valence-corrected chi connectivity index (χ1v) is 9.93. The normalized spacial score (nSPS) is 32.0. The van der Waals surface area contributed by atoms with Crippen LogP contribution in [0.3, 0.4) is 0 Å². The van der Waals surface area contributed by atoms with Gasteiger partial charge in [-0.05, 0) is 67.9 Å². The molecule has 2 bridgehead atoms. The van der Waals surface area contributed by atoms with Gasteiger partial charge in [0.2, 0.25) is 0 Å². The van der Waals surface area contributed by atoms with Gasteiger partial charge in [-0.15, -0.1) is 0 Å². The van der Waals surface area contributed by atoms with E-state index in [1.165, 1.54) is 56.9 Å². The third kappa shape index (κ3) is 2.80. The summed E-state index contributed by atoms with van der Waals surface area (Å²) in [4.78, 5) is 0. The van der Waals surface area contributed by atoms with Gasteiger partial charge in [0.15, 0.2) is 11.4 Å². The Bertz CT molecular complexity index is 791. The number of aromatic nitrogens is 1. The van der Waals surface area contributed by atoms with Gasteiger partial charge < -0.3 is 15.0 Å². The zero-order chi connectivity index (χ0) is 17.0. The van der Waals surface area contributed by atoms with Gasteiger partial charge in [-0.2, -0.15) is 0 Å². The molecule has 1 aromatic carbocycles. The average molecular weight is 340 g/mol. The molecule has 3 saturated carbocycles. The van der Waals surface area contributed by atoms with Gasteiger partial charge in [-0.1, -0.05) is 24.9 Å². The van der Waals surface area contributed by atoms with Crippen LogP contribution >= 0.6 is 0 Å². The molecule has 4 heteroatoms. The summed E-state index contributed by atoms with van der Waals surface area (Å²) in [6.45, 7) is 3.27. The van der Waals surface area contributed by atoms with Crippen LogP contribution in [0, 0.1) is 17.3 Å². The van der Waals surface area contributed by atoms with Crippen molar-refractivity contribution in [3.8, 4) is 5.75 Å². The Morgan fingerprint density at radius 3 is 3.00 bits per heavy atom. The lowest BCUT2D eigenvalue weighted by Gasteiger charge is -2.47. The Kier molecular flexibility index (Phi) is 3.51. The van der Waals surface area contributed by atoms with Crippen molar-refractivity contribution in [3.63, 3.8) is 0 Å². The number of hydrogen-bond acceptors (Lipinski definition) is 4. The van der Waals surface area contributed by atoms with Crippen molar-refractivity contribution in [1.82, 2.24) is 5.16 Å². The first-order valence-electron chi connectivity index (χ1n) is 9.93. The molecule has 4 nitrogen and oxygen atoms in total. The Labute approximate surface area is 149 Å². The molecule has 3 aliphatic rings. The summed E-state index contributed by atoms with van der Waals surface area (Å²) in [7, 11) is 0. The van der Waals surface area contributed by atoms with E-state index in [9.17, 15) is 0 Å².